The van der Waals surface area contributed by atoms with Gasteiger partial charge in [-0.15, -0.1) is 5.10 Å². The minimum absolute atomic E-state index is 0.0313. The van der Waals surface area contributed by atoms with Gasteiger partial charge in [0.05, 0.1) is 18.1 Å². The molecule has 17 nitrogen and oxygen atoms in total. The predicted octanol–water partition coefficient (Wildman–Crippen LogP) is 3.83. The molecule has 5 amide bonds. The Morgan fingerprint density at radius 1 is 0.965 bits per heavy atom. The van der Waals surface area contributed by atoms with Crippen LogP contribution in [-0.4, -0.2) is 95.5 Å². The first-order valence-electron chi connectivity index (χ1n) is 20.0. The van der Waals surface area contributed by atoms with Crippen LogP contribution in [0.25, 0.3) is 0 Å². The summed E-state index contributed by atoms with van der Waals surface area (Å²) in [5.74, 6) is -0.926. The number of allylic oxidation sites excluding steroid dienone is 1. The van der Waals surface area contributed by atoms with E-state index in [-0.39, 0.29) is 43.7 Å². The second-order valence-corrected chi connectivity index (χ2v) is 14.5. The Morgan fingerprint density at radius 2 is 1.68 bits per heavy atom. The van der Waals surface area contributed by atoms with Crippen LogP contribution in [-0.2, 0) is 41.7 Å². The number of nitrogens with two attached hydrogens (primary N) is 1. The summed E-state index contributed by atoms with van der Waals surface area (Å²) in [6, 6.07) is 6.04. The molecule has 318 valence electrons. The van der Waals surface area contributed by atoms with Gasteiger partial charge in [-0.05, 0) is 76.1 Å². The number of amides is 5. The van der Waals surface area contributed by atoms with Crippen LogP contribution in [0.15, 0.2) is 36.2 Å². The number of likely N-dealkylation sites (N-methyl/N-ethyl adjacent to an activating group) is 1. The lowest BCUT2D eigenvalue weighted by Gasteiger charge is -2.23. The fourth-order valence-electron chi connectivity index (χ4n) is 5.63. The fraction of sp³-hybridized carbons (Fsp3) is 0.625. The number of aromatic nitrogens is 3. The SMILES string of the molecule is C/C=C(/N)NCCC.CCC(=O)NCCN(C)C(=O)OCc1ccc(NC(=O)CNC(=O)C(NC(=O)COC2CCCCCc3c2nnn3C(C)C)C(C)C)cc1. The van der Waals surface area contributed by atoms with Crippen molar-refractivity contribution in [2.75, 3.05) is 45.2 Å². The molecule has 0 radical (unpaired) electrons. The fourth-order valence-corrected chi connectivity index (χ4v) is 5.63. The minimum Gasteiger partial charge on any atom is -0.445 e. The topological polar surface area (TPSA) is 224 Å². The molecule has 3 rings (SSSR count). The number of fused-ring (bicyclic) bond motifs is 1. The number of hydrogen-bond donors (Lipinski definition) is 6. The molecule has 2 atom stereocenters. The second kappa shape index (κ2) is 25.9. The average Bonchev–Trinajstić information content (AvgIpc) is 3.60. The smallest absolute Gasteiger partial charge is 0.409 e. The van der Waals surface area contributed by atoms with Gasteiger partial charge in [-0.1, -0.05) is 57.9 Å². The molecule has 1 aromatic carbocycles. The van der Waals surface area contributed by atoms with E-state index in [9.17, 15) is 24.0 Å². The molecule has 1 aliphatic carbocycles. The Balaban J connectivity index is 0.00000126. The van der Waals surface area contributed by atoms with E-state index in [2.05, 4.69) is 57.7 Å². The molecule has 7 N–H and O–H groups in total. The van der Waals surface area contributed by atoms with E-state index in [0.29, 0.717) is 30.8 Å². The maximum atomic E-state index is 13.0. The second-order valence-electron chi connectivity index (χ2n) is 14.5. The largest absolute Gasteiger partial charge is 0.445 e. The minimum atomic E-state index is -0.866. The number of carbonyl (C=O) groups is 5. The van der Waals surface area contributed by atoms with Gasteiger partial charge in [-0.2, -0.15) is 0 Å². The first-order valence-corrected chi connectivity index (χ1v) is 20.0. The van der Waals surface area contributed by atoms with E-state index < -0.39 is 29.9 Å². The van der Waals surface area contributed by atoms with Crippen molar-refractivity contribution in [2.45, 2.75) is 118 Å². The molecule has 0 aliphatic heterocycles. The summed E-state index contributed by atoms with van der Waals surface area (Å²) in [5, 5.41) is 22.5. The van der Waals surface area contributed by atoms with E-state index in [1.54, 1.807) is 52.1 Å². The van der Waals surface area contributed by atoms with Crippen molar-refractivity contribution in [3.63, 3.8) is 0 Å². The van der Waals surface area contributed by atoms with E-state index >= 15 is 0 Å². The zero-order valence-corrected chi connectivity index (χ0v) is 35.1. The van der Waals surface area contributed by atoms with Gasteiger partial charge in [0.25, 0.3) is 0 Å². The van der Waals surface area contributed by atoms with Crippen LogP contribution in [0, 0.1) is 5.92 Å². The van der Waals surface area contributed by atoms with Crippen molar-refractivity contribution in [3.05, 3.63) is 53.1 Å². The third kappa shape index (κ3) is 17.7. The van der Waals surface area contributed by atoms with E-state index in [0.717, 1.165) is 62.3 Å². The van der Waals surface area contributed by atoms with Gasteiger partial charge in [0.15, 0.2) is 0 Å². The predicted molar refractivity (Wildman–Crippen MR) is 218 cm³/mol. The Bertz CT molecular complexity index is 1590. The summed E-state index contributed by atoms with van der Waals surface area (Å²) in [5.41, 5.74) is 8.44. The van der Waals surface area contributed by atoms with Gasteiger partial charge in [0.1, 0.15) is 31.1 Å². The van der Waals surface area contributed by atoms with Crippen LogP contribution in [0.2, 0.25) is 0 Å². The number of carbonyl (C=O) groups excluding carboxylic acids is 5. The van der Waals surface area contributed by atoms with Crippen molar-refractivity contribution < 1.29 is 33.4 Å². The molecule has 1 aromatic heterocycles. The highest BCUT2D eigenvalue weighted by Crippen LogP contribution is 2.30. The molecule has 17 heteroatoms. The summed E-state index contributed by atoms with van der Waals surface area (Å²) < 4.78 is 13.3. The lowest BCUT2D eigenvalue weighted by molar-refractivity contribution is -0.134. The number of ether oxygens (including phenoxy) is 2. The molecule has 0 spiro atoms. The Kier molecular flexibility index (Phi) is 21.8. The van der Waals surface area contributed by atoms with Crippen LogP contribution >= 0.6 is 0 Å². The van der Waals surface area contributed by atoms with Gasteiger partial charge >= 0.3 is 6.09 Å². The Morgan fingerprint density at radius 3 is 2.32 bits per heavy atom. The zero-order valence-electron chi connectivity index (χ0n) is 35.1. The van der Waals surface area contributed by atoms with Crippen LogP contribution in [0.1, 0.15) is 116 Å². The standard InChI is InChI=1S/C34H52N8O7.C6H14N2/c1-7-28(43)35-17-18-41(6)34(47)49-20-24-13-15-25(16-14-24)37-29(44)19-36-33(46)31(22(2)3)38-30(45)21-48-27-12-10-8-9-11-26-32(27)39-40-42(26)23(4)5;1-3-5-8-6(7)4-2/h13-16,22-23,27,31H,7-12,17-21H2,1-6H3,(H,35,43)(H,36,46)(H,37,44)(H,38,45);4,8H,3,5,7H2,1-2H3/b;6-4-. The quantitative estimate of drug-likeness (QED) is 0.120. The lowest BCUT2D eigenvalue weighted by atomic mass is 9.98. The van der Waals surface area contributed by atoms with E-state index in [4.69, 9.17) is 15.2 Å². The molecule has 2 unspecified atom stereocenters. The maximum absolute atomic E-state index is 13.0. The molecule has 2 aromatic rings. The van der Waals surface area contributed by atoms with Gasteiger partial charge in [-0.25, -0.2) is 9.48 Å². The summed E-state index contributed by atoms with van der Waals surface area (Å²) in [6.07, 6.45) is 7.13. The highest BCUT2D eigenvalue weighted by atomic mass is 16.6. The third-order valence-corrected chi connectivity index (χ3v) is 8.99. The normalized spacial score (nSPS) is 14.5. The summed E-state index contributed by atoms with van der Waals surface area (Å²) in [4.78, 5) is 63.4. The van der Waals surface area contributed by atoms with Crippen LogP contribution in [0.5, 0.6) is 0 Å². The molecular formula is C40H66N10O7. The summed E-state index contributed by atoms with van der Waals surface area (Å²) in [7, 11) is 1.58. The third-order valence-electron chi connectivity index (χ3n) is 8.99. The number of anilines is 1. The van der Waals surface area contributed by atoms with Crippen molar-refractivity contribution in [1.82, 2.24) is 41.2 Å². The number of hydrogen-bond acceptors (Lipinski definition) is 11. The van der Waals surface area contributed by atoms with E-state index in [1.807, 2.05) is 17.7 Å². The highest BCUT2D eigenvalue weighted by Gasteiger charge is 2.28. The Labute approximate surface area is 337 Å². The molecule has 1 heterocycles. The molecular weight excluding hydrogens is 733 g/mol. The van der Waals surface area contributed by atoms with Crippen LogP contribution < -0.4 is 32.3 Å². The number of benzene rings is 1. The molecule has 1 aliphatic rings. The van der Waals surface area contributed by atoms with Crippen molar-refractivity contribution in [1.29, 1.82) is 0 Å². The molecule has 0 saturated heterocycles. The van der Waals surface area contributed by atoms with Gasteiger partial charge < -0.3 is 46.7 Å². The molecule has 57 heavy (non-hydrogen) atoms. The molecule has 0 fully saturated rings. The number of nitrogens with one attached hydrogen (secondary N) is 5. The number of rotatable bonds is 19. The first-order chi connectivity index (χ1) is 27.2. The van der Waals surface area contributed by atoms with Gasteiger partial charge in [0.2, 0.25) is 23.6 Å². The van der Waals surface area contributed by atoms with Crippen molar-refractivity contribution in [2.24, 2.45) is 11.7 Å². The molecule has 0 saturated carbocycles. The zero-order chi connectivity index (χ0) is 42.3. The summed E-state index contributed by atoms with van der Waals surface area (Å²) >= 11 is 0. The van der Waals surface area contributed by atoms with Gasteiger partial charge in [0, 0.05) is 44.8 Å². The maximum Gasteiger partial charge on any atom is 0.409 e. The molecule has 0 bridgehead atoms. The number of nitrogens with zero attached hydrogens (tertiary/aromatic N) is 4. The highest BCUT2D eigenvalue weighted by molar-refractivity contribution is 5.96. The van der Waals surface area contributed by atoms with Gasteiger partial charge in [-0.3, -0.25) is 19.2 Å². The summed E-state index contributed by atoms with van der Waals surface area (Å²) in [6.45, 7) is 14.6. The van der Waals surface area contributed by atoms with Crippen LogP contribution in [0.3, 0.4) is 0 Å². The lowest BCUT2D eigenvalue weighted by Crippen LogP contribution is -2.51. The van der Waals surface area contributed by atoms with Crippen LogP contribution in [0.4, 0.5) is 10.5 Å². The van der Waals surface area contributed by atoms with Crippen molar-refractivity contribution >= 4 is 35.4 Å². The Hall–Kier alpha value is -5.19. The van der Waals surface area contributed by atoms with Crippen molar-refractivity contribution in [3.8, 4) is 0 Å². The first kappa shape index (κ1) is 48.0. The van der Waals surface area contributed by atoms with E-state index in [1.165, 1.54) is 4.90 Å². The monoisotopic (exact) mass is 799 g/mol. The average molecular weight is 799 g/mol.